The molecule has 1 aliphatic rings. The Morgan fingerprint density at radius 1 is 1.53 bits per heavy atom. The van der Waals surface area contributed by atoms with Gasteiger partial charge >= 0.3 is 5.97 Å². The second-order valence-electron chi connectivity index (χ2n) is 3.22. The normalized spacial score (nSPS) is 24.7. The van der Waals surface area contributed by atoms with Gasteiger partial charge in [0.1, 0.15) is 0 Å². The highest BCUT2D eigenvalue weighted by atomic mass is 16.6. The molecular weight excluding hydrogens is 202 g/mol. The van der Waals surface area contributed by atoms with Crippen molar-refractivity contribution in [2.75, 3.05) is 0 Å². The summed E-state index contributed by atoms with van der Waals surface area (Å²) in [4.78, 5) is 32.0. The minimum atomic E-state index is -1.57. The average molecular weight is 211 g/mol. The van der Waals surface area contributed by atoms with Gasteiger partial charge in [-0.25, -0.2) is 0 Å². The predicted molar refractivity (Wildman–Crippen MR) is 49.4 cm³/mol. The van der Waals surface area contributed by atoms with Crippen LogP contribution in [-0.2, 0) is 14.3 Å². The number of ketones is 1. The van der Waals surface area contributed by atoms with Crippen LogP contribution in [0.5, 0.6) is 0 Å². The minimum Gasteiger partial charge on any atom is -0.447 e. The van der Waals surface area contributed by atoms with E-state index in [0.29, 0.717) is 0 Å². The molecule has 0 aromatic heterocycles. The number of nitrogens with zero attached hydrogens (tertiary/aromatic N) is 1. The van der Waals surface area contributed by atoms with Gasteiger partial charge in [0.25, 0.3) is 5.70 Å². The summed E-state index contributed by atoms with van der Waals surface area (Å²) in [5.41, 5.74) is -1.83. The lowest BCUT2D eigenvalue weighted by Crippen LogP contribution is -2.39. The molecule has 0 N–H and O–H groups in total. The number of esters is 1. The number of allylic oxidation sites excluding steroid dienone is 1. The van der Waals surface area contributed by atoms with Crippen molar-refractivity contribution in [3.63, 3.8) is 0 Å². The number of rotatable bonds is 2. The van der Waals surface area contributed by atoms with Gasteiger partial charge in [0, 0.05) is 19.1 Å². The van der Waals surface area contributed by atoms with Gasteiger partial charge in [0.2, 0.25) is 5.78 Å². The smallest absolute Gasteiger partial charge is 0.303 e. The van der Waals surface area contributed by atoms with E-state index in [9.17, 15) is 19.7 Å². The minimum absolute atomic E-state index is 0.265. The van der Waals surface area contributed by atoms with Crippen LogP contribution in [0.15, 0.2) is 23.9 Å². The number of hydrogen-bond donors (Lipinski definition) is 0. The number of carbonyl (C=O) groups is 2. The summed E-state index contributed by atoms with van der Waals surface area (Å²) in [7, 11) is 0. The molecule has 6 nitrogen and oxygen atoms in total. The maximum Gasteiger partial charge on any atom is 0.303 e. The van der Waals surface area contributed by atoms with Gasteiger partial charge in [-0.3, -0.25) is 19.7 Å². The molecule has 0 amide bonds. The highest BCUT2D eigenvalue weighted by molar-refractivity contribution is 6.01. The lowest BCUT2D eigenvalue weighted by molar-refractivity contribution is -0.420. The lowest BCUT2D eigenvalue weighted by Gasteiger charge is -2.23. The van der Waals surface area contributed by atoms with E-state index < -0.39 is 22.3 Å². The summed E-state index contributed by atoms with van der Waals surface area (Å²) in [6.07, 6.45) is 3.13. The molecule has 15 heavy (non-hydrogen) atoms. The summed E-state index contributed by atoms with van der Waals surface area (Å²) in [6, 6.07) is 0. The molecule has 1 unspecified atom stereocenters. The second kappa shape index (κ2) is 3.64. The number of hydrogen-bond acceptors (Lipinski definition) is 5. The fourth-order valence-corrected chi connectivity index (χ4v) is 1.22. The zero-order chi connectivity index (χ0) is 11.6. The zero-order valence-electron chi connectivity index (χ0n) is 8.22. The third-order valence-corrected chi connectivity index (χ3v) is 1.88. The van der Waals surface area contributed by atoms with Gasteiger partial charge in [-0.15, -0.1) is 0 Å². The Morgan fingerprint density at radius 3 is 2.60 bits per heavy atom. The van der Waals surface area contributed by atoms with Crippen LogP contribution >= 0.6 is 0 Å². The Kier molecular flexibility index (Phi) is 2.69. The van der Waals surface area contributed by atoms with E-state index in [1.54, 1.807) is 0 Å². The first kappa shape index (κ1) is 11.1. The van der Waals surface area contributed by atoms with Crippen molar-refractivity contribution in [2.45, 2.75) is 19.4 Å². The van der Waals surface area contributed by atoms with Crippen LogP contribution in [0.2, 0.25) is 0 Å². The molecule has 1 atom stereocenters. The van der Waals surface area contributed by atoms with Crippen molar-refractivity contribution in [1.82, 2.24) is 0 Å². The predicted octanol–water partition coefficient (Wildman–Crippen LogP) is 0.608. The van der Waals surface area contributed by atoms with Crippen molar-refractivity contribution in [3.05, 3.63) is 34.0 Å². The van der Waals surface area contributed by atoms with Gasteiger partial charge < -0.3 is 4.74 Å². The van der Waals surface area contributed by atoms with E-state index in [1.165, 1.54) is 6.92 Å². The van der Waals surface area contributed by atoms with E-state index >= 15 is 0 Å². The van der Waals surface area contributed by atoms with Crippen LogP contribution in [0.4, 0.5) is 0 Å². The molecule has 0 aliphatic heterocycles. The van der Waals surface area contributed by atoms with E-state index in [2.05, 4.69) is 0 Å². The van der Waals surface area contributed by atoms with Crippen LogP contribution < -0.4 is 0 Å². The van der Waals surface area contributed by atoms with E-state index in [0.717, 1.165) is 25.2 Å². The first-order valence-corrected chi connectivity index (χ1v) is 4.14. The fraction of sp³-hybridized carbons (Fsp3) is 0.333. The van der Waals surface area contributed by atoms with Crippen molar-refractivity contribution >= 4 is 11.8 Å². The zero-order valence-corrected chi connectivity index (χ0v) is 8.22. The van der Waals surface area contributed by atoms with E-state index in [4.69, 9.17) is 4.74 Å². The molecular formula is C9H9NO5. The maximum absolute atomic E-state index is 11.4. The monoisotopic (exact) mass is 211 g/mol. The van der Waals surface area contributed by atoms with Crippen LogP contribution in [0.25, 0.3) is 0 Å². The first-order chi connectivity index (χ1) is 6.85. The van der Waals surface area contributed by atoms with E-state index in [-0.39, 0.29) is 5.70 Å². The summed E-state index contributed by atoms with van der Waals surface area (Å²) in [5.74, 6) is -1.16. The van der Waals surface area contributed by atoms with Gasteiger partial charge in [-0.1, -0.05) is 0 Å². The van der Waals surface area contributed by atoms with Crippen LogP contribution in [-0.4, -0.2) is 22.3 Å². The molecule has 0 radical (unpaired) electrons. The Labute approximate surface area is 85.4 Å². The molecule has 6 heteroatoms. The summed E-state index contributed by atoms with van der Waals surface area (Å²) < 4.78 is 4.75. The highest BCUT2D eigenvalue weighted by Gasteiger charge is 2.37. The van der Waals surface area contributed by atoms with Gasteiger partial charge in [-0.05, 0) is 13.0 Å². The Morgan fingerprint density at radius 2 is 2.13 bits per heavy atom. The summed E-state index contributed by atoms with van der Waals surface area (Å²) in [5, 5.41) is 10.5. The third-order valence-electron chi connectivity index (χ3n) is 1.88. The van der Waals surface area contributed by atoms with E-state index in [1.807, 2.05) is 0 Å². The van der Waals surface area contributed by atoms with Gasteiger partial charge in [-0.2, -0.15) is 0 Å². The van der Waals surface area contributed by atoms with Gasteiger partial charge in [0.15, 0.2) is 5.60 Å². The largest absolute Gasteiger partial charge is 0.447 e. The second-order valence-corrected chi connectivity index (χ2v) is 3.22. The molecule has 0 aromatic rings. The number of ether oxygens (including phenoxy) is 1. The van der Waals surface area contributed by atoms with Crippen LogP contribution in [0.3, 0.4) is 0 Å². The molecule has 0 aromatic carbocycles. The molecule has 0 spiro atoms. The molecule has 1 rings (SSSR count). The molecule has 0 heterocycles. The molecule has 1 aliphatic carbocycles. The highest BCUT2D eigenvalue weighted by Crippen LogP contribution is 2.22. The number of nitro groups is 1. The Hall–Kier alpha value is -1.98. The molecule has 0 saturated carbocycles. The summed E-state index contributed by atoms with van der Waals surface area (Å²) >= 11 is 0. The maximum atomic E-state index is 11.4. The first-order valence-electron chi connectivity index (χ1n) is 4.14. The number of carbonyl (C=O) groups excluding carboxylic acids is 2. The quantitative estimate of drug-likeness (QED) is 0.379. The van der Waals surface area contributed by atoms with Crippen LogP contribution in [0, 0.1) is 10.1 Å². The topological polar surface area (TPSA) is 86.5 Å². The van der Waals surface area contributed by atoms with Gasteiger partial charge in [0.05, 0.1) is 4.92 Å². The lowest BCUT2D eigenvalue weighted by atomic mass is 9.94. The third kappa shape index (κ3) is 2.28. The molecule has 0 fully saturated rings. The molecule has 0 bridgehead atoms. The fourth-order valence-electron chi connectivity index (χ4n) is 1.22. The SMILES string of the molecule is CC(=O)OC1(C)C=C([N+](=O)[O-])C=CC1=O. The van der Waals surface area contributed by atoms with Crippen LogP contribution in [0.1, 0.15) is 13.8 Å². The Balaban J connectivity index is 3.07. The standard InChI is InChI=1S/C9H9NO5/c1-6(11)15-9(2)5-7(10(13)14)3-4-8(9)12/h3-5H,1-2H3. The molecule has 80 valence electrons. The Bertz CT molecular complexity index is 395. The summed E-state index contributed by atoms with van der Waals surface area (Å²) in [6.45, 7) is 2.44. The van der Waals surface area contributed by atoms with Crippen molar-refractivity contribution in [1.29, 1.82) is 0 Å². The average Bonchev–Trinajstić information content (AvgIpc) is 2.08. The molecule has 0 saturated heterocycles. The van der Waals surface area contributed by atoms with Crippen molar-refractivity contribution in [3.8, 4) is 0 Å². The van der Waals surface area contributed by atoms with Crippen molar-refractivity contribution < 1.29 is 19.2 Å². The van der Waals surface area contributed by atoms with Crippen molar-refractivity contribution in [2.24, 2.45) is 0 Å².